The highest BCUT2D eigenvalue weighted by Gasteiger charge is 2.29. The van der Waals surface area contributed by atoms with Crippen molar-refractivity contribution in [2.75, 3.05) is 19.8 Å². The van der Waals surface area contributed by atoms with Gasteiger partial charge in [-0.1, -0.05) is 26.0 Å². The molecule has 0 bridgehead atoms. The Labute approximate surface area is 133 Å². The van der Waals surface area contributed by atoms with Crippen molar-refractivity contribution in [3.8, 4) is 0 Å². The van der Waals surface area contributed by atoms with Crippen molar-refractivity contribution in [3.05, 3.63) is 29.8 Å². The first kappa shape index (κ1) is 16.6. The van der Waals surface area contributed by atoms with E-state index in [4.69, 9.17) is 0 Å². The highest BCUT2D eigenvalue weighted by molar-refractivity contribution is 7.98. The molecule has 1 fully saturated rings. The van der Waals surface area contributed by atoms with Gasteiger partial charge in [-0.15, -0.1) is 11.8 Å². The van der Waals surface area contributed by atoms with Crippen molar-refractivity contribution in [2.24, 2.45) is 5.41 Å². The second-order valence-electron chi connectivity index (χ2n) is 6.96. The van der Waals surface area contributed by atoms with Gasteiger partial charge in [-0.05, 0) is 56.5 Å². The van der Waals surface area contributed by atoms with Gasteiger partial charge in [0.25, 0.3) is 0 Å². The molecule has 1 aromatic carbocycles. The second kappa shape index (κ2) is 6.97. The number of rotatable bonds is 5. The van der Waals surface area contributed by atoms with Crippen molar-refractivity contribution in [3.63, 3.8) is 0 Å². The third kappa shape index (κ3) is 4.58. The summed E-state index contributed by atoms with van der Waals surface area (Å²) in [5.41, 5.74) is 1.31. The van der Waals surface area contributed by atoms with E-state index in [-0.39, 0.29) is 5.78 Å². The van der Waals surface area contributed by atoms with Gasteiger partial charge in [-0.25, -0.2) is 0 Å². The van der Waals surface area contributed by atoms with Crippen molar-refractivity contribution >= 4 is 17.5 Å². The maximum Gasteiger partial charge on any atom is 0.176 e. The third-order valence-electron chi connectivity index (χ3n) is 4.74. The van der Waals surface area contributed by atoms with Crippen LogP contribution in [0.15, 0.2) is 29.2 Å². The molecule has 116 valence electrons. The first-order valence-electron chi connectivity index (χ1n) is 7.79. The number of benzene rings is 1. The Kier molecular flexibility index (Phi) is 5.50. The van der Waals surface area contributed by atoms with Gasteiger partial charge in [-0.3, -0.25) is 9.69 Å². The molecule has 0 aliphatic heterocycles. The second-order valence-corrected chi connectivity index (χ2v) is 7.84. The Balaban J connectivity index is 1.89. The SMILES string of the molecule is CSc1ccc(C(=O)CN(C)C2CCC(C)(C)CC2)cc1. The molecule has 0 amide bonds. The average Bonchev–Trinajstić information content (AvgIpc) is 2.47. The summed E-state index contributed by atoms with van der Waals surface area (Å²) in [7, 11) is 2.09. The van der Waals surface area contributed by atoms with E-state index in [1.807, 2.05) is 24.3 Å². The number of carbonyl (C=O) groups excluding carboxylic acids is 1. The van der Waals surface area contributed by atoms with Crippen LogP contribution in [-0.4, -0.2) is 36.6 Å². The number of thioether (sulfide) groups is 1. The monoisotopic (exact) mass is 305 g/mol. The number of likely N-dealkylation sites (N-methyl/N-ethyl adjacent to an activating group) is 1. The minimum Gasteiger partial charge on any atom is -0.296 e. The molecular formula is C18H27NOS. The molecule has 1 aromatic rings. The van der Waals surface area contributed by atoms with Gasteiger partial charge in [-0.2, -0.15) is 0 Å². The lowest BCUT2D eigenvalue weighted by Crippen LogP contribution is -2.39. The normalized spacial score (nSPS) is 18.9. The van der Waals surface area contributed by atoms with Crippen LogP contribution in [0.3, 0.4) is 0 Å². The number of carbonyl (C=O) groups is 1. The van der Waals surface area contributed by atoms with Gasteiger partial charge in [0.1, 0.15) is 0 Å². The summed E-state index contributed by atoms with van der Waals surface area (Å²) in [6, 6.07) is 8.52. The summed E-state index contributed by atoms with van der Waals surface area (Å²) < 4.78 is 0. The Bertz CT molecular complexity index is 470. The highest BCUT2D eigenvalue weighted by atomic mass is 32.2. The minimum absolute atomic E-state index is 0.231. The molecule has 2 nitrogen and oxygen atoms in total. The average molecular weight is 305 g/mol. The molecule has 0 spiro atoms. The minimum atomic E-state index is 0.231. The number of Topliss-reactive ketones (excluding diaryl/α,β-unsaturated/α-hetero) is 1. The molecule has 1 aliphatic carbocycles. The largest absolute Gasteiger partial charge is 0.296 e. The molecule has 0 N–H and O–H groups in total. The van der Waals surface area contributed by atoms with Crippen LogP contribution in [-0.2, 0) is 0 Å². The number of ketones is 1. The number of nitrogens with zero attached hydrogens (tertiary/aromatic N) is 1. The van der Waals surface area contributed by atoms with E-state index in [1.165, 1.54) is 30.6 Å². The van der Waals surface area contributed by atoms with Gasteiger partial charge in [0.05, 0.1) is 6.54 Å². The van der Waals surface area contributed by atoms with Crippen LogP contribution in [0.2, 0.25) is 0 Å². The van der Waals surface area contributed by atoms with E-state index in [2.05, 4.69) is 32.1 Å². The maximum atomic E-state index is 12.4. The molecule has 0 heterocycles. The first-order valence-corrected chi connectivity index (χ1v) is 9.01. The summed E-state index contributed by atoms with van der Waals surface area (Å²) in [6.07, 6.45) is 7.00. The van der Waals surface area contributed by atoms with Crippen molar-refractivity contribution in [1.82, 2.24) is 4.90 Å². The van der Waals surface area contributed by atoms with Crippen LogP contribution in [0.25, 0.3) is 0 Å². The zero-order chi connectivity index (χ0) is 15.5. The lowest BCUT2D eigenvalue weighted by Gasteiger charge is -2.38. The molecule has 0 saturated heterocycles. The van der Waals surface area contributed by atoms with Gasteiger partial charge >= 0.3 is 0 Å². The standard InChI is InChI=1S/C18H27NOS/c1-18(2)11-9-15(10-12-18)19(3)13-17(20)14-5-7-16(21-4)8-6-14/h5-8,15H,9-13H2,1-4H3. The summed E-state index contributed by atoms with van der Waals surface area (Å²) in [5.74, 6) is 0.231. The van der Waals surface area contributed by atoms with Gasteiger partial charge < -0.3 is 0 Å². The fraction of sp³-hybridized carbons (Fsp3) is 0.611. The lowest BCUT2D eigenvalue weighted by molar-refractivity contribution is 0.0851. The fourth-order valence-corrected chi connectivity index (χ4v) is 3.46. The smallest absolute Gasteiger partial charge is 0.176 e. The molecular weight excluding hydrogens is 278 g/mol. The predicted octanol–water partition coefficient (Wildman–Crippen LogP) is 4.49. The van der Waals surface area contributed by atoms with E-state index in [1.54, 1.807) is 11.8 Å². The molecule has 3 heteroatoms. The van der Waals surface area contributed by atoms with Crippen LogP contribution in [0.4, 0.5) is 0 Å². The Morgan fingerprint density at radius 3 is 2.33 bits per heavy atom. The van der Waals surface area contributed by atoms with Crippen LogP contribution in [0, 0.1) is 5.41 Å². The van der Waals surface area contributed by atoms with E-state index in [9.17, 15) is 4.79 Å². The number of hydrogen-bond acceptors (Lipinski definition) is 3. The molecule has 0 atom stereocenters. The van der Waals surface area contributed by atoms with Gasteiger partial charge in [0.2, 0.25) is 0 Å². The van der Waals surface area contributed by atoms with E-state index >= 15 is 0 Å². The van der Waals surface area contributed by atoms with Crippen molar-refractivity contribution in [2.45, 2.75) is 50.5 Å². The predicted molar refractivity (Wildman–Crippen MR) is 91.2 cm³/mol. The fourth-order valence-electron chi connectivity index (χ4n) is 3.05. The zero-order valence-electron chi connectivity index (χ0n) is 13.7. The Hall–Kier alpha value is -0.800. The quantitative estimate of drug-likeness (QED) is 0.590. The van der Waals surface area contributed by atoms with Crippen LogP contribution in [0.1, 0.15) is 49.9 Å². The van der Waals surface area contributed by atoms with E-state index < -0.39 is 0 Å². The third-order valence-corrected chi connectivity index (χ3v) is 5.48. The highest BCUT2D eigenvalue weighted by Crippen LogP contribution is 2.36. The molecule has 1 saturated carbocycles. The summed E-state index contributed by atoms with van der Waals surface area (Å²) in [4.78, 5) is 15.8. The van der Waals surface area contributed by atoms with Crippen molar-refractivity contribution < 1.29 is 4.79 Å². The zero-order valence-corrected chi connectivity index (χ0v) is 14.5. The summed E-state index contributed by atoms with van der Waals surface area (Å²) in [6.45, 7) is 5.23. The summed E-state index contributed by atoms with van der Waals surface area (Å²) in [5, 5.41) is 0. The molecule has 0 aromatic heterocycles. The number of hydrogen-bond donors (Lipinski definition) is 0. The maximum absolute atomic E-state index is 12.4. The van der Waals surface area contributed by atoms with Crippen LogP contribution < -0.4 is 0 Å². The van der Waals surface area contributed by atoms with E-state index in [0.29, 0.717) is 18.0 Å². The molecule has 0 radical (unpaired) electrons. The van der Waals surface area contributed by atoms with Gasteiger partial charge in [0, 0.05) is 16.5 Å². The summed E-state index contributed by atoms with van der Waals surface area (Å²) >= 11 is 1.70. The Morgan fingerprint density at radius 1 is 1.24 bits per heavy atom. The van der Waals surface area contributed by atoms with Gasteiger partial charge in [0.15, 0.2) is 5.78 Å². The van der Waals surface area contributed by atoms with Crippen LogP contribution >= 0.6 is 11.8 Å². The topological polar surface area (TPSA) is 20.3 Å². The molecule has 1 aliphatic rings. The Morgan fingerprint density at radius 2 is 1.81 bits per heavy atom. The van der Waals surface area contributed by atoms with Crippen LogP contribution in [0.5, 0.6) is 0 Å². The molecule has 2 rings (SSSR count). The molecule has 21 heavy (non-hydrogen) atoms. The van der Waals surface area contributed by atoms with Crippen molar-refractivity contribution in [1.29, 1.82) is 0 Å². The van der Waals surface area contributed by atoms with E-state index in [0.717, 1.165) is 5.56 Å². The molecule has 0 unspecified atom stereocenters. The first-order chi connectivity index (χ1) is 9.91. The lowest BCUT2D eigenvalue weighted by atomic mass is 9.75.